The van der Waals surface area contributed by atoms with Crippen molar-refractivity contribution in [3.63, 3.8) is 0 Å². The lowest BCUT2D eigenvalue weighted by Crippen LogP contribution is -2.30. The van der Waals surface area contributed by atoms with Crippen LogP contribution in [0.2, 0.25) is 0 Å². The molecule has 6 nitrogen and oxygen atoms in total. The van der Waals surface area contributed by atoms with Crippen LogP contribution in [0.4, 0.5) is 0 Å². The molecule has 0 aliphatic heterocycles. The Kier molecular flexibility index (Phi) is 4.76. The van der Waals surface area contributed by atoms with E-state index in [4.69, 9.17) is 5.73 Å². The molecule has 0 spiro atoms. The maximum atomic E-state index is 12.1. The minimum Gasteiger partial charge on any atom is -0.330 e. The number of hydrogen-bond donors (Lipinski definition) is 2. The molecule has 0 amide bonds. The number of nitrogens with two attached hydrogens (primary N) is 1. The summed E-state index contributed by atoms with van der Waals surface area (Å²) in [5, 5.41) is 0. The van der Waals surface area contributed by atoms with Gasteiger partial charge in [-0.2, -0.15) is 0 Å². The number of imidazole rings is 1. The topological polar surface area (TPSA) is 90.0 Å². The highest BCUT2D eigenvalue weighted by Crippen LogP contribution is 2.15. The number of benzene rings is 1. The second kappa shape index (κ2) is 6.38. The Morgan fingerprint density at radius 2 is 1.95 bits per heavy atom. The van der Waals surface area contributed by atoms with Gasteiger partial charge in [-0.15, -0.1) is 0 Å². The van der Waals surface area contributed by atoms with Crippen molar-refractivity contribution >= 4 is 10.0 Å². The van der Waals surface area contributed by atoms with Gasteiger partial charge in [-0.05, 0) is 44.7 Å². The molecule has 1 heterocycles. The Hall–Kier alpha value is -1.70. The van der Waals surface area contributed by atoms with Crippen LogP contribution in [0.1, 0.15) is 19.7 Å². The number of hydrogen-bond acceptors (Lipinski definition) is 4. The average Bonchev–Trinajstić information content (AvgIpc) is 2.86. The van der Waals surface area contributed by atoms with Gasteiger partial charge in [-0.1, -0.05) is 0 Å². The van der Waals surface area contributed by atoms with Gasteiger partial charge in [0.1, 0.15) is 5.82 Å². The summed E-state index contributed by atoms with van der Waals surface area (Å²) in [6, 6.07) is 6.56. The van der Waals surface area contributed by atoms with Gasteiger partial charge in [0.2, 0.25) is 10.0 Å². The third kappa shape index (κ3) is 3.69. The predicted octanol–water partition coefficient (Wildman–Crippen LogP) is 1.06. The van der Waals surface area contributed by atoms with E-state index in [2.05, 4.69) is 9.71 Å². The molecular weight excluding hydrogens is 288 g/mol. The Bertz CT molecular complexity index is 690. The van der Waals surface area contributed by atoms with E-state index >= 15 is 0 Å². The molecule has 1 aromatic heterocycles. The second-order valence-electron chi connectivity index (χ2n) is 5.02. The van der Waals surface area contributed by atoms with E-state index in [1.54, 1.807) is 44.3 Å². The minimum absolute atomic E-state index is 0.139. The van der Waals surface area contributed by atoms with Crippen LogP contribution in [0.5, 0.6) is 0 Å². The fraction of sp³-hybridized carbons (Fsp3) is 0.357. The standard InChI is InChI=1S/C14H20N4O2S/c1-11(2)17-21(19,20)13-5-3-12(4-6-13)18-10-9-16-14(18)7-8-15/h3-6,9-11,17H,7-8,15H2,1-2H3. The van der Waals surface area contributed by atoms with Gasteiger partial charge in [0.25, 0.3) is 0 Å². The summed E-state index contributed by atoms with van der Waals surface area (Å²) in [5.41, 5.74) is 6.41. The van der Waals surface area contributed by atoms with E-state index < -0.39 is 10.0 Å². The van der Waals surface area contributed by atoms with Crippen LogP contribution < -0.4 is 10.5 Å². The molecule has 0 aliphatic rings. The van der Waals surface area contributed by atoms with Crippen molar-refractivity contribution in [2.45, 2.75) is 31.2 Å². The van der Waals surface area contributed by atoms with Gasteiger partial charge in [0.05, 0.1) is 4.90 Å². The van der Waals surface area contributed by atoms with E-state index in [0.29, 0.717) is 13.0 Å². The molecule has 1 aromatic carbocycles. The van der Waals surface area contributed by atoms with Crippen molar-refractivity contribution in [3.05, 3.63) is 42.5 Å². The summed E-state index contributed by atoms with van der Waals surface area (Å²) in [6.45, 7) is 4.09. The molecule has 2 rings (SSSR count). The summed E-state index contributed by atoms with van der Waals surface area (Å²) in [7, 11) is -3.46. The van der Waals surface area contributed by atoms with Crippen LogP contribution in [0.25, 0.3) is 5.69 Å². The smallest absolute Gasteiger partial charge is 0.240 e. The third-order valence-corrected chi connectivity index (χ3v) is 4.58. The monoisotopic (exact) mass is 308 g/mol. The lowest BCUT2D eigenvalue weighted by atomic mass is 10.3. The number of nitrogens with zero attached hydrogens (tertiary/aromatic N) is 2. The first-order valence-corrected chi connectivity index (χ1v) is 8.27. The molecule has 0 aliphatic carbocycles. The zero-order chi connectivity index (χ0) is 15.5. The first-order valence-electron chi connectivity index (χ1n) is 6.79. The molecule has 7 heteroatoms. The molecule has 2 aromatic rings. The van der Waals surface area contributed by atoms with Crippen molar-refractivity contribution < 1.29 is 8.42 Å². The molecule has 3 N–H and O–H groups in total. The zero-order valence-electron chi connectivity index (χ0n) is 12.2. The Labute approximate surface area is 125 Å². The first kappa shape index (κ1) is 15.7. The summed E-state index contributed by atoms with van der Waals surface area (Å²) in [6.07, 6.45) is 4.21. The maximum absolute atomic E-state index is 12.1. The number of aromatic nitrogens is 2. The van der Waals surface area contributed by atoms with Crippen LogP contribution >= 0.6 is 0 Å². The fourth-order valence-corrected chi connectivity index (χ4v) is 3.30. The molecule has 0 fully saturated rings. The maximum Gasteiger partial charge on any atom is 0.240 e. The van der Waals surface area contributed by atoms with Crippen LogP contribution in [-0.2, 0) is 16.4 Å². The molecular formula is C14H20N4O2S. The summed E-state index contributed by atoms with van der Waals surface area (Å²) >= 11 is 0. The average molecular weight is 308 g/mol. The van der Waals surface area contributed by atoms with Gasteiger partial charge in [0.15, 0.2) is 0 Å². The molecule has 0 saturated carbocycles. The largest absolute Gasteiger partial charge is 0.330 e. The van der Waals surface area contributed by atoms with Crippen molar-refractivity contribution in [2.75, 3.05) is 6.54 Å². The Morgan fingerprint density at radius 1 is 1.29 bits per heavy atom. The predicted molar refractivity (Wildman–Crippen MR) is 81.8 cm³/mol. The van der Waals surface area contributed by atoms with Gasteiger partial charge < -0.3 is 10.3 Å². The fourth-order valence-electron chi connectivity index (χ4n) is 2.05. The number of nitrogens with one attached hydrogen (secondary N) is 1. The van der Waals surface area contributed by atoms with Gasteiger partial charge in [-0.3, -0.25) is 0 Å². The van der Waals surface area contributed by atoms with Crippen LogP contribution in [-0.4, -0.2) is 30.6 Å². The van der Waals surface area contributed by atoms with Crippen LogP contribution in [0, 0.1) is 0 Å². The van der Waals surface area contributed by atoms with Crippen molar-refractivity contribution in [1.29, 1.82) is 0 Å². The van der Waals surface area contributed by atoms with Crippen molar-refractivity contribution in [1.82, 2.24) is 14.3 Å². The van der Waals surface area contributed by atoms with Crippen LogP contribution in [0.3, 0.4) is 0 Å². The molecule has 114 valence electrons. The molecule has 0 atom stereocenters. The second-order valence-corrected chi connectivity index (χ2v) is 6.74. The van der Waals surface area contributed by atoms with Crippen LogP contribution in [0.15, 0.2) is 41.6 Å². The van der Waals surface area contributed by atoms with E-state index in [-0.39, 0.29) is 10.9 Å². The first-order chi connectivity index (χ1) is 9.94. The molecule has 0 saturated heterocycles. The summed E-state index contributed by atoms with van der Waals surface area (Å²) in [4.78, 5) is 4.50. The lowest BCUT2D eigenvalue weighted by molar-refractivity contribution is 0.570. The minimum atomic E-state index is -3.46. The zero-order valence-corrected chi connectivity index (χ0v) is 13.0. The normalized spacial score (nSPS) is 12.0. The highest BCUT2D eigenvalue weighted by Gasteiger charge is 2.15. The lowest BCUT2D eigenvalue weighted by Gasteiger charge is -2.11. The SMILES string of the molecule is CC(C)NS(=O)(=O)c1ccc(-n2ccnc2CCN)cc1. The number of rotatable bonds is 6. The van der Waals surface area contributed by atoms with E-state index in [1.807, 2.05) is 10.8 Å². The van der Waals surface area contributed by atoms with E-state index in [0.717, 1.165) is 11.5 Å². The highest BCUT2D eigenvalue weighted by atomic mass is 32.2. The number of sulfonamides is 1. The molecule has 0 radical (unpaired) electrons. The van der Waals surface area contributed by atoms with Crippen molar-refractivity contribution in [2.24, 2.45) is 5.73 Å². The quantitative estimate of drug-likeness (QED) is 0.835. The van der Waals surface area contributed by atoms with E-state index in [9.17, 15) is 8.42 Å². The van der Waals surface area contributed by atoms with Gasteiger partial charge in [-0.25, -0.2) is 18.1 Å². The third-order valence-electron chi connectivity index (χ3n) is 2.90. The highest BCUT2D eigenvalue weighted by molar-refractivity contribution is 7.89. The summed E-state index contributed by atoms with van der Waals surface area (Å²) < 4.78 is 28.6. The Morgan fingerprint density at radius 3 is 2.52 bits per heavy atom. The van der Waals surface area contributed by atoms with Crippen molar-refractivity contribution in [3.8, 4) is 5.69 Å². The molecule has 0 bridgehead atoms. The molecule has 0 unspecified atom stereocenters. The van der Waals surface area contributed by atoms with Gasteiger partial charge in [0, 0.05) is 30.5 Å². The summed E-state index contributed by atoms with van der Waals surface area (Å²) in [5.74, 6) is 0.855. The molecule has 21 heavy (non-hydrogen) atoms. The van der Waals surface area contributed by atoms with Gasteiger partial charge >= 0.3 is 0 Å². The van der Waals surface area contributed by atoms with E-state index in [1.165, 1.54) is 0 Å². The Balaban J connectivity index is 2.29.